The van der Waals surface area contributed by atoms with Crippen molar-refractivity contribution in [3.63, 3.8) is 0 Å². The van der Waals surface area contributed by atoms with Gasteiger partial charge in [0.15, 0.2) is 0 Å². The number of fused-ring (bicyclic) bond motifs is 4. The van der Waals surface area contributed by atoms with E-state index >= 15 is 0 Å². The zero-order chi connectivity index (χ0) is 40.9. The Kier molecular flexibility index (Phi) is 9.60. The van der Waals surface area contributed by atoms with Crippen LogP contribution in [0.5, 0.6) is 0 Å². The molecule has 6 aliphatic rings. The van der Waals surface area contributed by atoms with E-state index < -0.39 is 0 Å². The van der Waals surface area contributed by atoms with Crippen LogP contribution in [0.2, 0.25) is 0 Å². The van der Waals surface area contributed by atoms with Crippen molar-refractivity contribution in [2.75, 3.05) is 9.80 Å². The van der Waals surface area contributed by atoms with E-state index in [1.54, 1.807) is 0 Å². The third kappa shape index (κ3) is 6.93. The summed E-state index contributed by atoms with van der Waals surface area (Å²) in [5, 5.41) is 2.51. The molecular weight excluding hydrogens is 737 g/mol. The second-order valence-electron chi connectivity index (χ2n) is 18.3. The molecule has 0 saturated heterocycles. The van der Waals surface area contributed by atoms with E-state index in [0.717, 1.165) is 25.7 Å². The van der Waals surface area contributed by atoms with Crippen molar-refractivity contribution >= 4 is 44.9 Å². The minimum Gasteiger partial charge on any atom is -0.310 e. The summed E-state index contributed by atoms with van der Waals surface area (Å²) in [7, 11) is 0. The van der Waals surface area contributed by atoms with Gasteiger partial charge in [0.05, 0.1) is 0 Å². The molecule has 2 heteroatoms. The second-order valence-corrected chi connectivity index (χ2v) is 18.3. The number of hydrogen-bond acceptors (Lipinski definition) is 2. The van der Waals surface area contributed by atoms with Crippen LogP contribution < -0.4 is 9.80 Å². The maximum absolute atomic E-state index is 2.55. The van der Waals surface area contributed by atoms with Gasteiger partial charge in [-0.05, 0) is 166 Å². The van der Waals surface area contributed by atoms with Gasteiger partial charge in [0, 0.05) is 39.5 Å². The molecule has 61 heavy (non-hydrogen) atoms. The molecule has 2 nitrogen and oxygen atoms in total. The summed E-state index contributed by atoms with van der Waals surface area (Å²) in [4.78, 5) is 5.06. The quantitative estimate of drug-likeness (QED) is 0.159. The van der Waals surface area contributed by atoms with Crippen molar-refractivity contribution in [1.82, 2.24) is 0 Å². The molecule has 1 saturated carbocycles. The smallest absolute Gasteiger partial charge is 0.0496 e. The van der Waals surface area contributed by atoms with Gasteiger partial charge in [-0.25, -0.2) is 0 Å². The van der Waals surface area contributed by atoms with Gasteiger partial charge in [0.25, 0.3) is 0 Å². The van der Waals surface area contributed by atoms with Crippen molar-refractivity contribution in [2.45, 2.75) is 83.0 Å². The first kappa shape index (κ1) is 37.6. The fourth-order valence-electron chi connectivity index (χ4n) is 10.8. The van der Waals surface area contributed by atoms with Crippen molar-refractivity contribution in [3.8, 4) is 11.1 Å². The molecule has 1 fully saturated rings. The number of para-hydroxylation sites is 1. The van der Waals surface area contributed by atoms with Crippen LogP contribution >= 0.6 is 0 Å². The zero-order valence-corrected chi connectivity index (χ0v) is 35.6. The fourth-order valence-corrected chi connectivity index (χ4v) is 10.8. The highest BCUT2D eigenvalue weighted by molar-refractivity contribution is 5.91. The Hall–Kier alpha value is -6.38. The van der Waals surface area contributed by atoms with Crippen molar-refractivity contribution in [3.05, 3.63) is 215 Å². The number of aryl methyl sites for hydroxylation is 4. The lowest BCUT2D eigenvalue weighted by Gasteiger charge is -2.31. The monoisotopic (exact) mass is 790 g/mol. The van der Waals surface area contributed by atoms with Crippen LogP contribution in [0.1, 0.15) is 90.8 Å². The Morgan fingerprint density at radius 3 is 1.69 bits per heavy atom. The lowest BCUT2D eigenvalue weighted by Crippen LogP contribution is -2.17. The van der Waals surface area contributed by atoms with Gasteiger partial charge in [0.1, 0.15) is 0 Å². The van der Waals surface area contributed by atoms with E-state index in [4.69, 9.17) is 0 Å². The molecule has 0 aromatic heterocycles. The molecule has 8 aromatic carbocycles. The number of hydrogen-bond donors (Lipinski definition) is 0. The molecule has 300 valence electrons. The average molecular weight is 791 g/mol. The van der Waals surface area contributed by atoms with E-state index in [1.807, 2.05) is 0 Å². The Morgan fingerprint density at radius 2 is 0.967 bits per heavy atom. The van der Waals surface area contributed by atoms with Gasteiger partial charge in [-0.1, -0.05) is 148 Å². The van der Waals surface area contributed by atoms with Gasteiger partial charge < -0.3 is 9.80 Å². The molecule has 0 N–H and O–H groups in total. The molecule has 4 bridgehead atoms. The van der Waals surface area contributed by atoms with Gasteiger partial charge in [-0.3, -0.25) is 0 Å². The lowest BCUT2D eigenvalue weighted by molar-refractivity contribution is 0.443. The molecular formula is C59H54N2. The minimum absolute atomic E-state index is 0.0901. The number of rotatable bonds is 7. The Morgan fingerprint density at radius 1 is 0.410 bits per heavy atom. The first-order valence-corrected chi connectivity index (χ1v) is 22.7. The first-order chi connectivity index (χ1) is 30.0. The predicted octanol–water partition coefficient (Wildman–Crippen LogP) is 16.0. The van der Waals surface area contributed by atoms with E-state index in [9.17, 15) is 0 Å². The summed E-state index contributed by atoms with van der Waals surface area (Å²) in [5.41, 5.74) is 19.8. The summed E-state index contributed by atoms with van der Waals surface area (Å²) in [5.74, 6) is 0.692. The van der Waals surface area contributed by atoms with E-state index in [1.165, 1.54) is 127 Å². The van der Waals surface area contributed by atoms with Gasteiger partial charge in [-0.15, -0.1) is 0 Å². The van der Waals surface area contributed by atoms with Crippen LogP contribution in [0.4, 0.5) is 34.1 Å². The summed E-state index contributed by atoms with van der Waals surface area (Å²) in [6, 6.07) is 67.1. The molecule has 8 aromatic rings. The molecule has 0 unspecified atom stereocenters. The van der Waals surface area contributed by atoms with Gasteiger partial charge in [0.2, 0.25) is 0 Å². The van der Waals surface area contributed by atoms with Gasteiger partial charge in [-0.2, -0.15) is 0 Å². The maximum atomic E-state index is 2.55. The van der Waals surface area contributed by atoms with Crippen molar-refractivity contribution in [2.24, 2.45) is 0 Å². The largest absolute Gasteiger partial charge is 0.310 e. The fraction of sp³-hybridized carbons (Fsp3) is 0.220. The van der Waals surface area contributed by atoms with Crippen molar-refractivity contribution in [1.29, 1.82) is 0 Å². The van der Waals surface area contributed by atoms with Crippen LogP contribution in [-0.4, -0.2) is 0 Å². The second kappa shape index (κ2) is 15.6. The number of benzene rings is 8. The molecule has 0 amide bonds. The average Bonchev–Trinajstić information content (AvgIpc) is 3.54. The number of anilines is 6. The molecule has 0 heterocycles. The van der Waals surface area contributed by atoms with E-state index in [-0.39, 0.29) is 5.41 Å². The molecule has 0 spiro atoms. The minimum atomic E-state index is -0.0901. The highest BCUT2D eigenvalue weighted by Gasteiger charge is 2.36. The third-order valence-corrected chi connectivity index (χ3v) is 14.2. The summed E-state index contributed by atoms with van der Waals surface area (Å²) >= 11 is 0. The highest BCUT2D eigenvalue weighted by atomic mass is 15.2. The third-order valence-electron chi connectivity index (χ3n) is 14.2. The van der Waals surface area contributed by atoms with Crippen LogP contribution in [0, 0.1) is 0 Å². The topological polar surface area (TPSA) is 6.48 Å². The van der Waals surface area contributed by atoms with E-state index in [0.29, 0.717) is 5.92 Å². The Bertz CT molecular complexity index is 2880. The van der Waals surface area contributed by atoms with E-state index in [2.05, 4.69) is 200 Å². The predicted molar refractivity (Wildman–Crippen MR) is 258 cm³/mol. The summed E-state index contributed by atoms with van der Waals surface area (Å²) in [6.45, 7) is 4.77. The molecule has 14 rings (SSSR count). The Balaban J connectivity index is 0.996. The Labute approximate surface area is 362 Å². The normalized spacial score (nSPS) is 15.5. The summed E-state index contributed by atoms with van der Waals surface area (Å²) < 4.78 is 0. The number of nitrogens with zero attached hydrogens (tertiary/aromatic N) is 2. The molecule has 0 atom stereocenters. The summed E-state index contributed by atoms with van der Waals surface area (Å²) in [6.07, 6.45) is 10.5. The molecule has 0 aliphatic heterocycles. The lowest BCUT2D eigenvalue weighted by atomic mass is 9.82. The zero-order valence-electron chi connectivity index (χ0n) is 35.6. The molecule has 6 aliphatic carbocycles. The van der Waals surface area contributed by atoms with Crippen LogP contribution in [-0.2, 0) is 31.1 Å². The maximum Gasteiger partial charge on any atom is 0.0496 e. The van der Waals surface area contributed by atoms with Crippen LogP contribution in [0.3, 0.4) is 0 Å². The van der Waals surface area contributed by atoms with Gasteiger partial charge >= 0.3 is 0 Å². The van der Waals surface area contributed by atoms with Crippen LogP contribution in [0.25, 0.3) is 21.9 Å². The standard InChI is InChI=1S/C59H54N2/c1-59(2)55-20-12-11-19-53(55)54-36-35-52(40-56(54)59)61(51-34-31-44-15-9-10-16-48(44)39-51)58-38-42-22-26-46-25-21-41(23-27-47(58)28-24-42)37-57(46)60(49-17-7-4-8-18-49)50-32-29-45(30-33-50)43-13-5-3-6-14-43/h4,7-12,15-21,24-25,28-40,43H,3,5-6,13-14,22-23,26-27H2,1-2H3. The molecule has 0 radical (unpaired) electrons. The highest BCUT2D eigenvalue weighted by Crippen LogP contribution is 2.51. The SMILES string of the molecule is CC1(C)c2ccccc2-c2ccc(N(c3ccc4ccccc4c3)c3cc4ccc3CCc3ccc(c(N(c5ccccc5)c5ccc(C6CCCCC6)cc5)c3)CC4)cc21. The van der Waals surface area contributed by atoms with Crippen LogP contribution in [0.15, 0.2) is 176 Å². The van der Waals surface area contributed by atoms with Crippen molar-refractivity contribution < 1.29 is 0 Å². The first-order valence-electron chi connectivity index (χ1n) is 22.7.